The molecule has 13 heteroatoms. The van der Waals surface area contributed by atoms with Crippen LogP contribution < -0.4 is 0 Å². The van der Waals surface area contributed by atoms with E-state index in [1.807, 2.05) is 19.0 Å². The van der Waals surface area contributed by atoms with E-state index >= 15 is 0 Å². The molecule has 0 aliphatic carbocycles. The Morgan fingerprint density at radius 3 is 2.77 bits per heavy atom. The van der Waals surface area contributed by atoms with Crippen LogP contribution in [0.15, 0.2) is 59.5 Å². The van der Waals surface area contributed by atoms with Gasteiger partial charge >= 0.3 is 6.18 Å². The van der Waals surface area contributed by atoms with Crippen LogP contribution in [0.4, 0.5) is 13.2 Å². The number of hydrogen-bond acceptors (Lipinski definition) is 8. The first-order chi connectivity index (χ1) is 19.1. The van der Waals surface area contributed by atoms with Crippen molar-refractivity contribution in [3.05, 3.63) is 87.5 Å². The van der Waals surface area contributed by atoms with Crippen LogP contribution in [0.25, 0.3) is 11.1 Å². The SMILES string of the molecule is CN(C)C/C=C/C(=O)N1Cc2sc(C#N)cc2[C@H](c2ccccc2-c2cn(Cc3ncno3)nc2C(F)(F)F)C1. The smallest absolute Gasteiger partial charge is 0.338 e. The standard InChI is InChI=1S/C27H24F3N7O2S/c1-35(2)9-5-8-25(38)36-12-21(20-10-17(11-31)40-23(20)14-36)18-6-3-4-7-19(18)22-13-37(15-24-32-16-33-39-24)34-26(22)27(28,29)30/h3-8,10,13,16,21H,9,12,14-15H2,1-2H3/b8-5+/t21-/m0/s1. The van der Waals surface area contributed by atoms with Crippen LogP contribution in [0.2, 0.25) is 0 Å². The molecule has 1 aliphatic heterocycles. The molecule has 0 bridgehead atoms. The van der Waals surface area contributed by atoms with Gasteiger partial charge in [0.15, 0.2) is 12.0 Å². The van der Waals surface area contributed by atoms with Crippen molar-refractivity contribution in [2.45, 2.75) is 25.2 Å². The minimum atomic E-state index is -4.73. The number of thiophene rings is 1. The van der Waals surface area contributed by atoms with Crippen molar-refractivity contribution in [1.82, 2.24) is 29.7 Å². The van der Waals surface area contributed by atoms with Gasteiger partial charge in [0, 0.05) is 41.7 Å². The van der Waals surface area contributed by atoms with Gasteiger partial charge in [0.05, 0.1) is 6.54 Å². The van der Waals surface area contributed by atoms with Crippen molar-refractivity contribution < 1.29 is 22.5 Å². The highest BCUT2D eigenvalue weighted by molar-refractivity contribution is 7.12. The summed E-state index contributed by atoms with van der Waals surface area (Å²) in [5.41, 5.74) is 0.628. The van der Waals surface area contributed by atoms with Crippen molar-refractivity contribution >= 4 is 17.2 Å². The van der Waals surface area contributed by atoms with Gasteiger partial charge in [0.1, 0.15) is 17.5 Å². The zero-order chi connectivity index (χ0) is 28.4. The first kappa shape index (κ1) is 27.3. The quantitative estimate of drug-likeness (QED) is 0.303. The van der Waals surface area contributed by atoms with Gasteiger partial charge in [-0.3, -0.25) is 9.48 Å². The average molecular weight is 568 g/mol. The number of hydrogen-bond donors (Lipinski definition) is 0. The van der Waals surface area contributed by atoms with E-state index in [2.05, 4.69) is 21.3 Å². The molecule has 0 fully saturated rings. The summed E-state index contributed by atoms with van der Waals surface area (Å²) in [5.74, 6) is -0.540. The van der Waals surface area contributed by atoms with Crippen LogP contribution >= 0.6 is 11.3 Å². The fourth-order valence-corrected chi connectivity index (χ4v) is 5.77. The maximum Gasteiger partial charge on any atom is 0.435 e. The van der Waals surface area contributed by atoms with Crippen molar-refractivity contribution in [2.75, 3.05) is 27.2 Å². The molecule has 0 spiro atoms. The third kappa shape index (κ3) is 5.68. The number of carbonyl (C=O) groups is 1. The summed E-state index contributed by atoms with van der Waals surface area (Å²) >= 11 is 1.29. The maximum absolute atomic E-state index is 14.2. The van der Waals surface area contributed by atoms with E-state index in [-0.39, 0.29) is 30.5 Å². The Bertz CT molecular complexity index is 1580. The average Bonchev–Trinajstić information content (AvgIpc) is 3.67. The minimum Gasteiger partial charge on any atom is -0.338 e. The van der Waals surface area contributed by atoms with Crippen molar-refractivity contribution in [3.63, 3.8) is 0 Å². The number of amides is 1. The van der Waals surface area contributed by atoms with E-state index < -0.39 is 17.8 Å². The third-order valence-corrected chi connectivity index (χ3v) is 7.51. The maximum atomic E-state index is 14.2. The number of nitrogens with zero attached hydrogens (tertiary/aromatic N) is 7. The first-order valence-corrected chi connectivity index (χ1v) is 13.1. The molecule has 0 radical (unpaired) electrons. The predicted molar refractivity (Wildman–Crippen MR) is 140 cm³/mol. The molecule has 0 saturated carbocycles. The Balaban J connectivity index is 1.58. The van der Waals surface area contributed by atoms with Gasteiger partial charge in [0.25, 0.3) is 0 Å². The van der Waals surface area contributed by atoms with Crippen LogP contribution in [-0.4, -0.2) is 62.8 Å². The highest BCUT2D eigenvalue weighted by Gasteiger charge is 2.39. The molecule has 1 amide bonds. The second-order valence-electron chi connectivity index (χ2n) is 9.55. The van der Waals surface area contributed by atoms with Gasteiger partial charge in [0.2, 0.25) is 11.8 Å². The lowest BCUT2D eigenvalue weighted by Crippen LogP contribution is -2.37. The highest BCUT2D eigenvalue weighted by atomic mass is 32.1. The number of nitriles is 1. The summed E-state index contributed by atoms with van der Waals surface area (Å²) in [6.07, 6.45) is 1.03. The van der Waals surface area contributed by atoms with Crippen molar-refractivity contribution in [1.29, 1.82) is 5.26 Å². The molecule has 4 heterocycles. The largest absolute Gasteiger partial charge is 0.435 e. The lowest BCUT2D eigenvalue weighted by atomic mass is 9.83. The Morgan fingerprint density at radius 2 is 2.08 bits per heavy atom. The molecular formula is C27H24F3N7O2S. The molecule has 0 N–H and O–H groups in total. The number of benzene rings is 1. The van der Waals surface area contributed by atoms with Crippen molar-refractivity contribution in [2.24, 2.45) is 0 Å². The summed E-state index contributed by atoms with van der Waals surface area (Å²) in [6, 6.07) is 10.7. The van der Waals surface area contributed by atoms with E-state index in [0.29, 0.717) is 29.1 Å². The Labute approximate surface area is 231 Å². The molecule has 4 aromatic rings. The Kier molecular flexibility index (Phi) is 7.55. The lowest BCUT2D eigenvalue weighted by Gasteiger charge is -2.33. The topological polar surface area (TPSA) is 104 Å². The zero-order valence-corrected chi connectivity index (χ0v) is 22.4. The van der Waals surface area contributed by atoms with Gasteiger partial charge in [-0.25, -0.2) is 0 Å². The van der Waals surface area contributed by atoms with E-state index in [9.17, 15) is 23.2 Å². The second-order valence-corrected chi connectivity index (χ2v) is 10.7. The first-order valence-electron chi connectivity index (χ1n) is 12.3. The number of fused-ring (bicyclic) bond motifs is 1. The Hall–Kier alpha value is -4.28. The molecule has 9 nitrogen and oxygen atoms in total. The molecule has 1 atom stereocenters. The lowest BCUT2D eigenvalue weighted by molar-refractivity contribution is -0.141. The number of rotatable bonds is 7. The van der Waals surface area contributed by atoms with Crippen LogP contribution in [0, 0.1) is 11.3 Å². The fourth-order valence-electron chi connectivity index (χ4n) is 4.74. The number of likely N-dealkylation sites (N-methyl/N-ethyl adjacent to an activating group) is 1. The zero-order valence-electron chi connectivity index (χ0n) is 21.6. The third-order valence-electron chi connectivity index (χ3n) is 6.47. The molecular weight excluding hydrogens is 543 g/mol. The van der Waals surface area contributed by atoms with E-state index in [1.165, 1.54) is 29.9 Å². The van der Waals surface area contributed by atoms with Crippen LogP contribution in [0.3, 0.4) is 0 Å². The normalized spacial score (nSPS) is 15.5. The summed E-state index contributed by atoms with van der Waals surface area (Å²) in [5, 5.41) is 16.9. The monoisotopic (exact) mass is 567 g/mol. The van der Waals surface area contributed by atoms with Gasteiger partial charge in [-0.2, -0.15) is 28.5 Å². The summed E-state index contributed by atoms with van der Waals surface area (Å²) in [6.45, 7) is 1.02. The van der Waals surface area contributed by atoms with Crippen LogP contribution in [-0.2, 0) is 24.1 Å². The van der Waals surface area contributed by atoms with Gasteiger partial charge in [-0.15, -0.1) is 11.3 Å². The molecule has 5 rings (SSSR count). The summed E-state index contributed by atoms with van der Waals surface area (Å²) in [7, 11) is 3.78. The number of carbonyl (C=O) groups excluding carboxylic acids is 1. The highest BCUT2D eigenvalue weighted by Crippen LogP contribution is 2.44. The number of alkyl halides is 3. The van der Waals surface area contributed by atoms with E-state index in [0.717, 1.165) is 15.1 Å². The molecule has 40 heavy (non-hydrogen) atoms. The number of aromatic nitrogens is 4. The molecule has 0 saturated heterocycles. The van der Waals surface area contributed by atoms with Crippen LogP contribution in [0.5, 0.6) is 0 Å². The molecule has 206 valence electrons. The fraction of sp³-hybridized carbons (Fsp3) is 0.296. The second kappa shape index (κ2) is 11.1. The van der Waals surface area contributed by atoms with Crippen molar-refractivity contribution in [3.8, 4) is 17.2 Å². The minimum absolute atomic E-state index is 0.103. The van der Waals surface area contributed by atoms with E-state index in [1.54, 1.807) is 41.3 Å². The number of halogens is 3. The Morgan fingerprint density at radius 1 is 1.27 bits per heavy atom. The van der Waals surface area contributed by atoms with E-state index in [4.69, 9.17) is 4.52 Å². The summed E-state index contributed by atoms with van der Waals surface area (Å²) < 4.78 is 48.7. The van der Waals surface area contributed by atoms with Gasteiger partial charge in [-0.05, 0) is 36.9 Å². The van der Waals surface area contributed by atoms with Gasteiger partial charge in [-0.1, -0.05) is 35.5 Å². The summed E-state index contributed by atoms with van der Waals surface area (Å²) in [4.78, 5) is 21.9. The van der Waals surface area contributed by atoms with Crippen LogP contribution in [0.1, 0.15) is 38.4 Å². The predicted octanol–water partition coefficient (Wildman–Crippen LogP) is 4.53. The van der Waals surface area contributed by atoms with Gasteiger partial charge < -0.3 is 14.3 Å². The molecule has 1 aliphatic rings. The molecule has 0 unspecified atom stereocenters. The molecule has 3 aromatic heterocycles. The molecule has 1 aromatic carbocycles.